The lowest BCUT2D eigenvalue weighted by molar-refractivity contribution is -0.132. The maximum absolute atomic E-state index is 12.5. The summed E-state index contributed by atoms with van der Waals surface area (Å²) in [5.74, 6) is -0.513. The first-order valence-corrected chi connectivity index (χ1v) is 13.8. The molecule has 0 aliphatic rings. The first-order chi connectivity index (χ1) is 17.6. The largest absolute Gasteiger partial charge is 0.464 e. The van der Waals surface area contributed by atoms with Gasteiger partial charge in [-0.15, -0.1) is 5.10 Å². The van der Waals surface area contributed by atoms with Gasteiger partial charge >= 0.3 is 5.97 Å². The molecule has 0 aliphatic carbocycles. The van der Waals surface area contributed by atoms with Crippen molar-refractivity contribution in [3.05, 3.63) is 127 Å². The van der Waals surface area contributed by atoms with E-state index in [0.717, 1.165) is 5.71 Å². The SMILES string of the molecule is COC(=O)/C(=N\N=C(/C)C(C)[P+](c1ccccc1)(c1ccccc1)c1ccccc1)c1ccccc1. The van der Waals surface area contributed by atoms with Gasteiger partial charge in [0.2, 0.25) is 0 Å². The molecule has 0 aromatic heterocycles. The van der Waals surface area contributed by atoms with Gasteiger partial charge in [-0.05, 0) is 50.2 Å². The fourth-order valence-electron chi connectivity index (χ4n) is 4.51. The lowest BCUT2D eigenvalue weighted by Gasteiger charge is -2.32. The van der Waals surface area contributed by atoms with E-state index in [1.165, 1.54) is 23.0 Å². The van der Waals surface area contributed by atoms with Gasteiger partial charge in [-0.25, -0.2) is 4.79 Å². The zero-order valence-electron chi connectivity index (χ0n) is 20.8. The molecule has 4 rings (SSSR count). The molecule has 0 spiro atoms. The highest BCUT2D eigenvalue weighted by atomic mass is 31.2. The van der Waals surface area contributed by atoms with Gasteiger partial charge in [0, 0.05) is 5.56 Å². The zero-order chi connectivity index (χ0) is 25.4. The van der Waals surface area contributed by atoms with Crippen LogP contribution >= 0.6 is 7.26 Å². The summed E-state index contributed by atoms with van der Waals surface area (Å²) in [4.78, 5) is 12.5. The predicted octanol–water partition coefficient (Wildman–Crippen LogP) is 5.41. The molecule has 0 heterocycles. The number of carbonyl (C=O) groups excluding carboxylic acids is 1. The standard InChI is InChI=1S/C31H30N2O2P/c1-24(32-33-30(31(34)35-3)26-16-8-4-9-17-26)25(2)36(27-18-10-5-11-19-27,28-20-12-6-13-21-28)29-22-14-7-15-23-29/h4-23,25H,1-3H3/q+1/b32-24+,33-30-. The molecule has 0 bridgehead atoms. The number of carbonyl (C=O) groups is 1. The van der Waals surface area contributed by atoms with E-state index in [0.29, 0.717) is 5.56 Å². The monoisotopic (exact) mass is 493 g/mol. The van der Waals surface area contributed by atoms with Crippen molar-refractivity contribution < 1.29 is 9.53 Å². The fourth-order valence-corrected chi connectivity index (χ4v) is 9.28. The normalized spacial score (nSPS) is 13.2. The number of rotatable bonds is 8. The first kappa shape index (κ1) is 25.2. The Morgan fingerprint density at radius 3 is 1.44 bits per heavy atom. The summed E-state index contributed by atoms with van der Waals surface area (Å²) < 4.78 is 5.00. The van der Waals surface area contributed by atoms with Crippen LogP contribution in [0.5, 0.6) is 0 Å². The Hall–Kier alpha value is -3.88. The van der Waals surface area contributed by atoms with Crippen molar-refractivity contribution >= 4 is 40.6 Å². The van der Waals surface area contributed by atoms with Gasteiger partial charge in [-0.2, -0.15) is 5.10 Å². The van der Waals surface area contributed by atoms with Crippen molar-refractivity contribution in [1.29, 1.82) is 0 Å². The summed E-state index contributed by atoms with van der Waals surface area (Å²) in [7, 11) is -0.821. The van der Waals surface area contributed by atoms with Crippen molar-refractivity contribution in [2.45, 2.75) is 19.5 Å². The van der Waals surface area contributed by atoms with Crippen LogP contribution in [0, 0.1) is 0 Å². The van der Waals surface area contributed by atoms with Gasteiger partial charge in [-0.1, -0.05) is 84.9 Å². The van der Waals surface area contributed by atoms with Gasteiger partial charge < -0.3 is 4.74 Å². The molecule has 0 radical (unpaired) electrons. The molecular weight excluding hydrogens is 463 g/mol. The third kappa shape index (κ3) is 5.05. The third-order valence-electron chi connectivity index (χ3n) is 6.41. The highest BCUT2D eigenvalue weighted by Crippen LogP contribution is 2.60. The second-order valence-electron chi connectivity index (χ2n) is 8.45. The molecule has 0 aliphatic heterocycles. The van der Waals surface area contributed by atoms with Crippen LogP contribution in [0.3, 0.4) is 0 Å². The topological polar surface area (TPSA) is 51.0 Å². The highest BCUT2D eigenvalue weighted by molar-refractivity contribution is 7.96. The predicted molar refractivity (Wildman–Crippen MR) is 153 cm³/mol. The number of benzene rings is 4. The summed E-state index contributed by atoms with van der Waals surface area (Å²) in [5.41, 5.74) is 1.72. The number of methoxy groups -OCH3 is 1. The summed E-state index contributed by atoms with van der Waals surface area (Å²) in [6.07, 6.45) is 0. The van der Waals surface area contributed by atoms with Crippen LogP contribution in [-0.2, 0) is 9.53 Å². The Bertz CT molecular complexity index is 1240. The zero-order valence-corrected chi connectivity index (χ0v) is 21.7. The lowest BCUT2D eigenvalue weighted by Crippen LogP contribution is -2.40. The average Bonchev–Trinajstić information content (AvgIpc) is 2.95. The van der Waals surface area contributed by atoms with Crippen molar-refractivity contribution in [1.82, 2.24) is 0 Å². The molecule has 5 heteroatoms. The summed E-state index contributed by atoms with van der Waals surface area (Å²) in [6.45, 7) is 4.22. The van der Waals surface area contributed by atoms with Crippen LogP contribution in [0.4, 0.5) is 0 Å². The summed E-state index contributed by atoms with van der Waals surface area (Å²) in [6, 6.07) is 41.3. The molecule has 1 atom stereocenters. The third-order valence-corrected chi connectivity index (χ3v) is 11.3. The van der Waals surface area contributed by atoms with Crippen LogP contribution in [0.2, 0.25) is 0 Å². The minimum Gasteiger partial charge on any atom is -0.464 e. The molecule has 0 saturated heterocycles. The molecule has 4 aromatic rings. The number of esters is 1. The van der Waals surface area contributed by atoms with Crippen molar-refractivity contribution in [2.75, 3.05) is 7.11 Å². The minimum atomic E-state index is -2.18. The molecule has 1 unspecified atom stereocenters. The molecule has 4 nitrogen and oxygen atoms in total. The van der Waals surface area contributed by atoms with E-state index in [1.54, 1.807) is 0 Å². The maximum Gasteiger partial charge on any atom is 0.359 e. The quantitative estimate of drug-likeness (QED) is 0.143. The highest BCUT2D eigenvalue weighted by Gasteiger charge is 2.51. The van der Waals surface area contributed by atoms with Crippen LogP contribution in [0.15, 0.2) is 132 Å². The van der Waals surface area contributed by atoms with E-state index in [2.05, 4.69) is 89.9 Å². The second-order valence-corrected chi connectivity index (χ2v) is 12.2. The molecule has 0 N–H and O–H groups in total. The van der Waals surface area contributed by atoms with Gasteiger partial charge in [-0.3, -0.25) is 0 Å². The van der Waals surface area contributed by atoms with Crippen LogP contribution in [0.1, 0.15) is 19.4 Å². The Balaban J connectivity index is 1.92. The summed E-state index contributed by atoms with van der Waals surface area (Å²) >= 11 is 0. The van der Waals surface area contributed by atoms with Crippen molar-refractivity contribution in [2.24, 2.45) is 10.2 Å². The van der Waals surface area contributed by atoms with Crippen LogP contribution in [-0.4, -0.2) is 30.2 Å². The van der Waals surface area contributed by atoms with Gasteiger partial charge in [0.15, 0.2) is 5.71 Å². The minimum absolute atomic E-state index is 0.0168. The molecule has 36 heavy (non-hydrogen) atoms. The maximum atomic E-state index is 12.5. The number of hydrogen-bond acceptors (Lipinski definition) is 4. The molecule has 0 amide bonds. The Kier molecular flexibility index (Phi) is 8.20. The van der Waals surface area contributed by atoms with E-state index < -0.39 is 13.2 Å². The Labute approximate surface area is 213 Å². The number of ether oxygens (including phenoxy) is 1. The molecule has 0 saturated carbocycles. The number of nitrogens with zero attached hydrogens (tertiary/aromatic N) is 2. The molecular formula is C31H30N2O2P+. The van der Waals surface area contributed by atoms with E-state index in [1.807, 2.05) is 55.5 Å². The molecule has 180 valence electrons. The van der Waals surface area contributed by atoms with Gasteiger partial charge in [0.25, 0.3) is 0 Å². The van der Waals surface area contributed by atoms with Gasteiger partial charge in [0.05, 0.1) is 12.8 Å². The van der Waals surface area contributed by atoms with E-state index in [-0.39, 0.29) is 11.4 Å². The smallest absolute Gasteiger partial charge is 0.359 e. The molecule has 0 fully saturated rings. The lowest BCUT2D eigenvalue weighted by atomic mass is 10.1. The Morgan fingerprint density at radius 1 is 0.667 bits per heavy atom. The van der Waals surface area contributed by atoms with Crippen LogP contribution < -0.4 is 15.9 Å². The number of hydrogen-bond donors (Lipinski definition) is 0. The second kappa shape index (κ2) is 11.7. The van der Waals surface area contributed by atoms with E-state index >= 15 is 0 Å². The van der Waals surface area contributed by atoms with Crippen molar-refractivity contribution in [3.63, 3.8) is 0 Å². The van der Waals surface area contributed by atoms with Crippen LogP contribution in [0.25, 0.3) is 0 Å². The van der Waals surface area contributed by atoms with E-state index in [4.69, 9.17) is 4.74 Å². The Morgan fingerprint density at radius 2 is 1.06 bits per heavy atom. The first-order valence-electron chi connectivity index (χ1n) is 11.9. The summed E-state index contributed by atoms with van der Waals surface area (Å²) in [5, 5.41) is 12.9. The van der Waals surface area contributed by atoms with Crippen molar-refractivity contribution in [3.8, 4) is 0 Å². The molecule has 4 aromatic carbocycles. The average molecular weight is 494 g/mol. The van der Waals surface area contributed by atoms with Gasteiger partial charge in [0.1, 0.15) is 28.8 Å². The fraction of sp³-hybridized carbons (Fsp3) is 0.129. The van der Waals surface area contributed by atoms with E-state index in [9.17, 15) is 4.79 Å².